The molecule has 0 atom stereocenters. The lowest BCUT2D eigenvalue weighted by Crippen LogP contribution is -2.38. The highest BCUT2D eigenvalue weighted by molar-refractivity contribution is 5.86. The normalized spacial score (nSPS) is 13.4. The number of H-pyrrole nitrogens is 1. The summed E-state index contributed by atoms with van der Waals surface area (Å²) in [4.78, 5) is 22.6. The fourth-order valence-electron chi connectivity index (χ4n) is 4.32. The minimum atomic E-state index is 0.212. The first kappa shape index (κ1) is 21.9. The molecule has 1 aliphatic heterocycles. The molecule has 3 aromatic rings. The summed E-state index contributed by atoms with van der Waals surface area (Å²) in [5.41, 5.74) is 6.33. The SMILES string of the molecule is CCNC(=NCCCC(=O)N1Cc2ccccc2C1)NCCc1c[nH]c2c(C)cccc12. The van der Waals surface area contributed by atoms with Gasteiger partial charge in [0.25, 0.3) is 0 Å². The summed E-state index contributed by atoms with van der Waals surface area (Å²) in [6.07, 6.45) is 4.31. The number of fused-ring (bicyclic) bond motifs is 2. The number of rotatable bonds is 8. The Morgan fingerprint density at radius 3 is 2.62 bits per heavy atom. The number of carbonyl (C=O) groups is 1. The van der Waals surface area contributed by atoms with Crippen molar-refractivity contribution in [2.45, 2.75) is 46.2 Å². The maximum absolute atomic E-state index is 12.6. The van der Waals surface area contributed by atoms with Crippen LogP contribution in [0, 0.1) is 6.92 Å². The Hall–Kier alpha value is -3.28. The molecular weight excluding hydrogens is 398 g/mol. The lowest BCUT2D eigenvalue weighted by Gasteiger charge is -2.15. The molecule has 3 N–H and O–H groups in total. The van der Waals surface area contributed by atoms with Crippen molar-refractivity contribution >= 4 is 22.8 Å². The van der Waals surface area contributed by atoms with Crippen LogP contribution in [-0.4, -0.2) is 41.4 Å². The lowest BCUT2D eigenvalue weighted by molar-refractivity contribution is -0.131. The second-order valence-electron chi connectivity index (χ2n) is 8.37. The standard InChI is InChI=1S/C26H33N5O/c1-3-27-26(29-15-13-20-16-30-25-19(2)8-6-11-23(20)25)28-14-7-12-24(32)31-17-21-9-4-5-10-22(21)18-31/h4-6,8-11,16,30H,3,7,12-15,17-18H2,1-2H3,(H2,27,28,29). The third-order valence-electron chi connectivity index (χ3n) is 6.05. The minimum absolute atomic E-state index is 0.212. The van der Waals surface area contributed by atoms with Crippen molar-refractivity contribution in [1.29, 1.82) is 0 Å². The number of aromatic nitrogens is 1. The van der Waals surface area contributed by atoms with Crippen molar-refractivity contribution in [3.8, 4) is 0 Å². The number of benzene rings is 2. The summed E-state index contributed by atoms with van der Waals surface area (Å²) >= 11 is 0. The van der Waals surface area contributed by atoms with E-state index in [0.717, 1.165) is 45.0 Å². The molecule has 0 bridgehead atoms. The van der Waals surface area contributed by atoms with E-state index in [1.807, 2.05) is 17.0 Å². The van der Waals surface area contributed by atoms with Crippen molar-refractivity contribution < 1.29 is 4.79 Å². The van der Waals surface area contributed by atoms with Crippen LogP contribution in [0.3, 0.4) is 0 Å². The molecule has 1 aliphatic rings. The summed E-state index contributed by atoms with van der Waals surface area (Å²) in [6, 6.07) is 14.7. The van der Waals surface area contributed by atoms with Gasteiger partial charge in [-0.25, -0.2) is 0 Å². The monoisotopic (exact) mass is 431 g/mol. The van der Waals surface area contributed by atoms with Gasteiger partial charge in [0.2, 0.25) is 5.91 Å². The van der Waals surface area contributed by atoms with Gasteiger partial charge in [0, 0.05) is 56.2 Å². The second kappa shape index (κ2) is 10.4. The highest BCUT2D eigenvalue weighted by Crippen LogP contribution is 2.23. The van der Waals surface area contributed by atoms with Gasteiger partial charge < -0.3 is 20.5 Å². The summed E-state index contributed by atoms with van der Waals surface area (Å²) < 4.78 is 0. The number of aryl methyl sites for hydroxylation is 1. The molecule has 0 aliphatic carbocycles. The van der Waals surface area contributed by atoms with Crippen LogP contribution in [0.25, 0.3) is 10.9 Å². The van der Waals surface area contributed by atoms with Crippen LogP contribution in [-0.2, 0) is 24.3 Å². The third kappa shape index (κ3) is 5.13. The Labute approximate surface area is 190 Å². The quantitative estimate of drug-likeness (QED) is 0.288. The summed E-state index contributed by atoms with van der Waals surface area (Å²) in [5, 5.41) is 8.01. The van der Waals surface area contributed by atoms with Gasteiger partial charge in [-0.1, -0.05) is 42.5 Å². The fourth-order valence-corrected chi connectivity index (χ4v) is 4.32. The van der Waals surface area contributed by atoms with Gasteiger partial charge in [-0.2, -0.15) is 0 Å². The molecule has 1 aromatic heterocycles. The fraction of sp³-hybridized carbons (Fsp3) is 0.385. The van der Waals surface area contributed by atoms with Crippen molar-refractivity contribution in [1.82, 2.24) is 20.5 Å². The second-order valence-corrected chi connectivity index (χ2v) is 8.37. The highest BCUT2D eigenvalue weighted by atomic mass is 16.2. The number of hydrogen-bond acceptors (Lipinski definition) is 2. The molecule has 6 nitrogen and oxygen atoms in total. The largest absolute Gasteiger partial charge is 0.361 e. The number of carbonyl (C=O) groups excluding carboxylic acids is 1. The molecule has 32 heavy (non-hydrogen) atoms. The topological polar surface area (TPSA) is 72.5 Å². The molecule has 168 valence electrons. The van der Waals surface area contributed by atoms with Crippen LogP contribution in [0.4, 0.5) is 0 Å². The zero-order valence-corrected chi connectivity index (χ0v) is 19.1. The molecule has 6 heteroatoms. The number of hydrogen-bond donors (Lipinski definition) is 3. The van der Waals surface area contributed by atoms with Gasteiger partial charge in [0.1, 0.15) is 0 Å². The molecule has 0 spiro atoms. The predicted octanol–water partition coefficient (Wildman–Crippen LogP) is 3.90. The Bertz CT molecular complexity index is 1080. The van der Waals surface area contributed by atoms with Crippen LogP contribution in [0.1, 0.15) is 42.0 Å². The summed E-state index contributed by atoms with van der Waals surface area (Å²) in [6.45, 7) is 7.90. The summed E-state index contributed by atoms with van der Waals surface area (Å²) in [7, 11) is 0. The van der Waals surface area contributed by atoms with Crippen LogP contribution in [0.2, 0.25) is 0 Å². The zero-order chi connectivity index (χ0) is 22.3. The lowest BCUT2D eigenvalue weighted by atomic mass is 10.1. The number of guanidine groups is 1. The van der Waals surface area contributed by atoms with Gasteiger partial charge in [0.15, 0.2) is 5.96 Å². The number of aliphatic imine (C=N–C) groups is 1. The van der Waals surface area contributed by atoms with E-state index in [2.05, 4.69) is 71.0 Å². The van der Waals surface area contributed by atoms with Gasteiger partial charge in [-0.3, -0.25) is 9.79 Å². The number of para-hydroxylation sites is 1. The van der Waals surface area contributed by atoms with Crippen molar-refractivity contribution in [2.75, 3.05) is 19.6 Å². The predicted molar refractivity (Wildman–Crippen MR) is 131 cm³/mol. The number of nitrogens with one attached hydrogen (secondary N) is 3. The average Bonchev–Trinajstić information content (AvgIpc) is 3.42. The number of nitrogens with zero attached hydrogens (tertiary/aromatic N) is 2. The first-order valence-corrected chi connectivity index (χ1v) is 11.6. The molecule has 0 saturated heterocycles. The van der Waals surface area contributed by atoms with Gasteiger partial charge in [-0.05, 0) is 48.9 Å². The molecule has 0 radical (unpaired) electrons. The highest BCUT2D eigenvalue weighted by Gasteiger charge is 2.22. The smallest absolute Gasteiger partial charge is 0.223 e. The molecule has 0 saturated carbocycles. The van der Waals surface area contributed by atoms with Crippen LogP contribution < -0.4 is 10.6 Å². The first-order chi connectivity index (χ1) is 15.7. The minimum Gasteiger partial charge on any atom is -0.361 e. The van der Waals surface area contributed by atoms with Gasteiger partial charge in [-0.15, -0.1) is 0 Å². The Morgan fingerprint density at radius 2 is 1.88 bits per heavy atom. The molecule has 0 unspecified atom stereocenters. The molecule has 2 aromatic carbocycles. The zero-order valence-electron chi connectivity index (χ0n) is 19.1. The molecule has 4 rings (SSSR count). The first-order valence-electron chi connectivity index (χ1n) is 11.6. The molecule has 2 heterocycles. The average molecular weight is 432 g/mol. The van der Waals surface area contributed by atoms with E-state index in [4.69, 9.17) is 0 Å². The van der Waals surface area contributed by atoms with Crippen LogP contribution in [0.5, 0.6) is 0 Å². The number of aromatic amines is 1. The van der Waals surface area contributed by atoms with Gasteiger partial charge >= 0.3 is 0 Å². The Kier molecular flexibility index (Phi) is 7.10. The molecular formula is C26H33N5O. The van der Waals surface area contributed by atoms with E-state index in [1.54, 1.807) is 0 Å². The van der Waals surface area contributed by atoms with Gasteiger partial charge in [0.05, 0.1) is 0 Å². The van der Waals surface area contributed by atoms with Crippen molar-refractivity contribution in [3.05, 3.63) is 70.9 Å². The van der Waals surface area contributed by atoms with Crippen molar-refractivity contribution in [3.63, 3.8) is 0 Å². The maximum atomic E-state index is 12.6. The third-order valence-corrected chi connectivity index (χ3v) is 6.05. The Balaban J connectivity index is 1.22. The van der Waals surface area contributed by atoms with E-state index < -0.39 is 0 Å². The number of amides is 1. The maximum Gasteiger partial charge on any atom is 0.223 e. The van der Waals surface area contributed by atoms with Crippen molar-refractivity contribution in [2.24, 2.45) is 4.99 Å². The van der Waals surface area contributed by atoms with E-state index in [-0.39, 0.29) is 5.91 Å². The summed E-state index contributed by atoms with van der Waals surface area (Å²) in [5.74, 6) is 1.02. The van der Waals surface area contributed by atoms with E-state index in [0.29, 0.717) is 13.0 Å². The molecule has 1 amide bonds. The van der Waals surface area contributed by atoms with Crippen LogP contribution in [0.15, 0.2) is 53.7 Å². The van der Waals surface area contributed by atoms with Crippen LogP contribution >= 0.6 is 0 Å². The Morgan fingerprint density at radius 1 is 1.09 bits per heavy atom. The van der Waals surface area contributed by atoms with E-state index >= 15 is 0 Å². The van der Waals surface area contributed by atoms with E-state index in [1.165, 1.54) is 33.2 Å². The molecule has 0 fully saturated rings. The van der Waals surface area contributed by atoms with E-state index in [9.17, 15) is 4.79 Å².